The zero-order valence-corrected chi connectivity index (χ0v) is 15.5. The number of benzene rings is 1. The zero-order chi connectivity index (χ0) is 20.1. The van der Waals surface area contributed by atoms with Gasteiger partial charge in [-0.2, -0.15) is 10.2 Å². The molecule has 0 atom stereocenters. The molecule has 0 aliphatic rings. The van der Waals surface area contributed by atoms with E-state index in [0.29, 0.717) is 5.69 Å². The van der Waals surface area contributed by atoms with Crippen LogP contribution in [-0.4, -0.2) is 39.1 Å². The number of carbonyl (C=O) groups is 1. The van der Waals surface area contributed by atoms with Crippen LogP contribution in [0.25, 0.3) is 11.3 Å². The number of nitrogens with zero attached hydrogens (tertiary/aromatic N) is 4. The first-order chi connectivity index (χ1) is 13.5. The van der Waals surface area contributed by atoms with E-state index in [2.05, 4.69) is 15.5 Å². The molecule has 0 fully saturated rings. The number of nitrogens with one attached hydrogen (secondary N) is 1. The Hall–Kier alpha value is -3.75. The van der Waals surface area contributed by atoms with Crippen LogP contribution in [0.3, 0.4) is 0 Å². The summed E-state index contributed by atoms with van der Waals surface area (Å²) in [7, 11) is 3.06. The maximum atomic E-state index is 12.1. The monoisotopic (exact) mass is 381 g/mol. The summed E-state index contributed by atoms with van der Waals surface area (Å²) in [6.07, 6.45) is 0. The molecule has 0 bridgehead atoms. The number of aromatic nitrogens is 4. The molecule has 0 saturated heterocycles. The third kappa shape index (κ3) is 4.32. The van der Waals surface area contributed by atoms with Gasteiger partial charge in [-0.25, -0.2) is 9.36 Å². The number of amides is 1. The van der Waals surface area contributed by atoms with Crippen LogP contribution in [0, 0.1) is 0 Å². The largest absolute Gasteiger partial charge is 0.497 e. The van der Waals surface area contributed by atoms with Gasteiger partial charge in [-0.15, -0.1) is 0 Å². The lowest BCUT2D eigenvalue weighted by molar-refractivity contribution is 0.0944. The molecule has 0 unspecified atom stereocenters. The zero-order valence-electron chi connectivity index (χ0n) is 15.5. The van der Waals surface area contributed by atoms with E-state index < -0.39 is 5.91 Å². The number of ether oxygens (including phenoxy) is 1. The Labute approximate surface area is 160 Å². The highest BCUT2D eigenvalue weighted by Crippen LogP contribution is 2.19. The maximum absolute atomic E-state index is 12.1. The van der Waals surface area contributed by atoms with Crippen molar-refractivity contribution in [3.63, 3.8) is 0 Å². The minimum atomic E-state index is -0.435. The van der Waals surface area contributed by atoms with E-state index in [4.69, 9.17) is 4.74 Å². The average Bonchev–Trinajstić information content (AvgIpc) is 2.71. The second kappa shape index (κ2) is 8.30. The first-order valence-electron chi connectivity index (χ1n) is 8.53. The predicted octanol–water partition coefficient (Wildman–Crippen LogP) is 0.443. The SMILES string of the molecule is COc1ccc(-c2ccc(=O)n(CCNC(=O)c3ccc(=O)n(C)n3)n2)cc1. The molecule has 144 valence electrons. The molecule has 2 heterocycles. The van der Waals surface area contributed by atoms with Gasteiger partial charge >= 0.3 is 0 Å². The number of methoxy groups -OCH3 is 1. The lowest BCUT2D eigenvalue weighted by Crippen LogP contribution is -2.33. The summed E-state index contributed by atoms with van der Waals surface area (Å²) in [5.41, 5.74) is 1.02. The summed E-state index contributed by atoms with van der Waals surface area (Å²) >= 11 is 0. The molecule has 0 saturated carbocycles. The number of carbonyl (C=O) groups excluding carboxylic acids is 1. The fourth-order valence-electron chi connectivity index (χ4n) is 2.51. The molecule has 2 aromatic heterocycles. The van der Waals surface area contributed by atoms with Crippen molar-refractivity contribution in [1.29, 1.82) is 0 Å². The van der Waals surface area contributed by atoms with Gasteiger partial charge in [0.2, 0.25) is 0 Å². The number of hydrogen-bond acceptors (Lipinski definition) is 6. The van der Waals surface area contributed by atoms with Gasteiger partial charge in [0.25, 0.3) is 17.0 Å². The van der Waals surface area contributed by atoms with E-state index in [1.54, 1.807) is 13.2 Å². The Balaban J connectivity index is 1.68. The molecule has 3 aromatic rings. The normalized spacial score (nSPS) is 10.5. The highest BCUT2D eigenvalue weighted by Gasteiger charge is 2.09. The van der Waals surface area contributed by atoms with E-state index in [-0.39, 0.29) is 29.9 Å². The number of hydrogen-bond donors (Lipinski definition) is 1. The molecule has 0 radical (unpaired) electrons. The summed E-state index contributed by atoms with van der Waals surface area (Å²) in [6.45, 7) is 0.378. The van der Waals surface area contributed by atoms with Crippen molar-refractivity contribution in [2.24, 2.45) is 7.05 Å². The molecule has 1 amide bonds. The van der Waals surface area contributed by atoms with Crippen LogP contribution >= 0.6 is 0 Å². The van der Waals surface area contributed by atoms with Crippen LogP contribution < -0.4 is 21.2 Å². The van der Waals surface area contributed by atoms with E-state index >= 15 is 0 Å². The van der Waals surface area contributed by atoms with Gasteiger partial charge in [-0.3, -0.25) is 14.4 Å². The second-order valence-electron chi connectivity index (χ2n) is 5.94. The van der Waals surface area contributed by atoms with Crippen molar-refractivity contribution in [1.82, 2.24) is 24.9 Å². The van der Waals surface area contributed by atoms with Crippen LogP contribution in [-0.2, 0) is 13.6 Å². The summed E-state index contributed by atoms with van der Waals surface area (Å²) < 4.78 is 7.50. The van der Waals surface area contributed by atoms with E-state index in [1.807, 2.05) is 24.3 Å². The van der Waals surface area contributed by atoms with Crippen LogP contribution in [0.15, 0.2) is 58.1 Å². The van der Waals surface area contributed by atoms with Gasteiger partial charge in [0.05, 0.1) is 19.3 Å². The Morgan fingerprint density at radius 3 is 2.39 bits per heavy atom. The number of aryl methyl sites for hydroxylation is 1. The van der Waals surface area contributed by atoms with Crippen molar-refractivity contribution in [3.05, 3.63) is 74.9 Å². The Kier molecular flexibility index (Phi) is 5.64. The molecule has 1 aromatic carbocycles. The van der Waals surface area contributed by atoms with Gasteiger partial charge in [0.1, 0.15) is 11.4 Å². The predicted molar refractivity (Wildman–Crippen MR) is 102 cm³/mol. The molecular weight excluding hydrogens is 362 g/mol. The minimum Gasteiger partial charge on any atom is -0.497 e. The van der Waals surface area contributed by atoms with Crippen LogP contribution in [0.2, 0.25) is 0 Å². The molecule has 0 aliphatic heterocycles. The van der Waals surface area contributed by atoms with Crippen molar-refractivity contribution in [2.45, 2.75) is 6.54 Å². The molecule has 28 heavy (non-hydrogen) atoms. The topological polar surface area (TPSA) is 108 Å². The Bertz CT molecular complexity index is 1100. The molecule has 9 heteroatoms. The van der Waals surface area contributed by atoms with Crippen LogP contribution in [0.1, 0.15) is 10.5 Å². The molecular formula is C19H19N5O4. The fraction of sp³-hybridized carbons (Fsp3) is 0.211. The molecule has 3 rings (SSSR count). The average molecular weight is 381 g/mol. The van der Waals surface area contributed by atoms with Crippen LogP contribution in [0.5, 0.6) is 5.75 Å². The Morgan fingerprint density at radius 1 is 1.00 bits per heavy atom. The summed E-state index contributed by atoms with van der Waals surface area (Å²) in [5, 5.41) is 10.9. The molecule has 0 aliphatic carbocycles. The third-order valence-electron chi connectivity index (χ3n) is 4.05. The van der Waals surface area contributed by atoms with Crippen molar-refractivity contribution >= 4 is 5.91 Å². The van der Waals surface area contributed by atoms with Gasteiger partial charge in [-0.1, -0.05) is 0 Å². The van der Waals surface area contributed by atoms with Gasteiger partial charge in [0, 0.05) is 31.3 Å². The van der Waals surface area contributed by atoms with Gasteiger partial charge in [0.15, 0.2) is 0 Å². The standard InChI is InChI=1S/C19H19N5O4/c1-23-17(25)9-8-16(21-23)19(27)20-11-12-24-18(26)10-7-15(22-24)13-3-5-14(28-2)6-4-13/h3-10H,11-12H2,1-2H3,(H,20,27). The lowest BCUT2D eigenvalue weighted by atomic mass is 10.1. The summed E-state index contributed by atoms with van der Waals surface area (Å²) in [5.74, 6) is 0.293. The molecule has 0 spiro atoms. The second-order valence-corrected chi connectivity index (χ2v) is 5.94. The van der Waals surface area contributed by atoms with E-state index in [0.717, 1.165) is 16.0 Å². The third-order valence-corrected chi connectivity index (χ3v) is 4.05. The Morgan fingerprint density at radius 2 is 1.71 bits per heavy atom. The highest BCUT2D eigenvalue weighted by atomic mass is 16.5. The maximum Gasteiger partial charge on any atom is 0.271 e. The van der Waals surface area contributed by atoms with Crippen molar-refractivity contribution < 1.29 is 9.53 Å². The lowest BCUT2D eigenvalue weighted by Gasteiger charge is -2.09. The van der Waals surface area contributed by atoms with Crippen molar-refractivity contribution in [2.75, 3.05) is 13.7 Å². The highest BCUT2D eigenvalue weighted by molar-refractivity contribution is 5.91. The van der Waals surface area contributed by atoms with Gasteiger partial charge < -0.3 is 10.1 Å². The van der Waals surface area contributed by atoms with Crippen molar-refractivity contribution in [3.8, 4) is 17.0 Å². The van der Waals surface area contributed by atoms with E-state index in [9.17, 15) is 14.4 Å². The smallest absolute Gasteiger partial charge is 0.271 e. The quantitative estimate of drug-likeness (QED) is 0.664. The number of rotatable bonds is 6. The first-order valence-corrected chi connectivity index (χ1v) is 8.53. The first kappa shape index (κ1) is 19.0. The van der Waals surface area contributed by atoms with Gasteiger partial charge in [-0.05, 0) is 36.4 Å². The molecule has 9 nitrogen and oxygen atoms in total. The van der Waals surface area contributed by atoms with Crippen LogP contribution in [0.4, 0.5) is 0 Å². The molecule has 1 N–H and O–H groups in total. The summed E-state index contributed by atoms with van der Waals surface area (Å²) in [6, 6.07) is 13.0. The summed E-state index contributed by atoms with van der Waals surface area (Å²) in [4.78, 5) is 35.5. The fourth-order valence-corrected chi connectivity index (χ4v) is 2.51. The minimum absolute atomic E-state index is 0.120. The van der Waals surface area contributed by atoms with E-state index in [1.165, 1.54) is 29.9 Å².